The van der Waals surface area contributed by atoms with Gasteiger partial charge in [0.15, 0.2) is 0 Å². The quantitative estimate of drug-likeness (QED) is 0.241. The van der Waals surface area contributed by atoms with Gasteiger partial charge < -0.3 is 4.74 Å². The van der Waals surface area contributed by atoms with Crippen LogP contribution in [0.15, 0.2) is 48.6 Å². The molecule has 2 saturated carbocycles. The van der Waals surface area contributed by atoms with Crippen molar-refractivity contribution in [2.24, 2.45) is 11.8 Å². The molecule has 0 atom stereocenters. The number of hydrogen-bond donors (Lipinski definition) is 0. The lowest BCUT2D eigenvalue weighted by Gasteiger charge is -2.31. The van der Waals surface area contributed by atoms with Crippen LogP contribution in [0.5, 0.6) is 0 Å². The minimum Gasteiger partial charge on any atom is -0.462 e. The Bertz CT molecular complexity index is 851. The maximum absolute atomic E-state index is 12.8. The molecule has 178 valence electrons. The Balaban J connectivity index is 1.36. The molecule has 1 aromatic carbocycles. The molecule has 0 saturated heterocycles. The zero-order chi connectivity index (χ0) is 23.7. The molecule has 6 heteroatoms. The van der Waals surface area contributed by atoms with Gasteiger partial charge in [-0.05, 0) is 93.7 Å². The van der Waals surface area contributed by atoms with Crippen LogP contribution in [-0.4, -0.2) is 12.1 Å². The van der Waals surface area contributed by atoms with Crippen molar-refractivity contribution in [2.75, 3.05) is 0 Å². The van der Waals surface area contributed by atoms with Gasteiger partial charge in [-0.1, -0.05) is 30.4 Å². The molecule has 0 aromatic heterocycles. The molecule has 33 heavy (non-hydrogen) atoms. The molecule has 3 rings (SSSR count). The molecule has 1 aromatic rings. The fourth-order valence-electron chi connectivity index (χ4n) is 5.01. The van der Waals surface area contributed by atoms with Crippen molar-refractivity contribution in [1.29, 1.82) is 5.26 Å². The summed E-state index contributed by atoms with van der Waals surface area (Å²) in [5.41, 5.74) is 0.298. The highest BCUT2D eigenvalue weighted by Gasteiger charge is 2.33. The zero-order valence-electron chi connectivity index (χ0n) is 18.9. The first kappa shape index (κ1) is 25.1. The van der Waals surface area contributed by atoms with Crippen LogP contribution in [0.1, 0.15) is 81.3 Å². The predicted octanol–water partition coefficient (Wildman–Crippen LogP) is 7.50. The van der Waals surface area contributed by atoms with Crippen molar-refractivity contribution >= 4 is 5.97 Å². The average molecular weight is 460 g/mol. The zero-order valence-corrected chi connectivity index (χ0v) is 18.9. The Kier molecular flexibility index (Phi) is 9.17. The maximum Gasteiger partial charge on any atom is 0.416 e. The van der Waals surface area contributed by atoms with Crippen LogP contribution >= 0.6 is 0 Å². The van der Waals surface area contributed by atoms with E-state index in [-0.39, 0.29) is 23.9 Å². The van der Waals surface area contributed by atoms with Crippen LogP contribution in [0.2, 0.25) is 0 Å². The topological polar surface area (TPSA) is 50.1 Å². The normalized spacial score (nSPS) is 26.4. The summed E-state index contributed by atoms with van der Waals surface area (Å²) in [6.45, 7) is 0. The number of nitrogens with zero attached hydrogens (tertiary/aromatic N) is 1. The number of nitriles is 1. The number of ether oxygens (including phenoxy) is 1. The van der Waals surface area contributed by atoms with E-state index < -0.39 is 11.7 Å². The average Bonchev–Trinajstić information content (AvgIpc) is 2.82. The van der Waals surface area contributed by atoms with Gasteiger partial charge in [0, 0.05) is 6.08 Å². The van der Waals surface area contributed by atoms with Gasteiger partial charge in [0.05, 0.1) is 17.6 Å². The third kappa shape index (κ3) is 7.77. The third-order valence-corrected chi connectivity index (χ3v) is 7.01. The first-order valence-corrected chi connectivity index (χ1v) is 12.0. The van der Waals surface area contributed by atoms with E-state index in [9.17, 15) is 18.0 Å². The van der Waals surface area contributed by atoms with Gasteiger partial charge in [-0.2, -0.15) is 18.4 Å². The number of esters is 1. The summed E-state index contributed by atoms with van der Waals surface area (Å²) in [4.78, 5) is 12.7. The second-order valence-corrected chi connectivity index (χ2v) is 9.24. The molecule has 0 N–H and O–H groups in total. The molecular weight excluding hydrogens is 427 g/mol. The Labute approximate surface area is 194 Å². The smallest absolute Gasteiger partial charge is 0.416 e. The summed E-state index contributed by atoms with van der Waals surface area (Å²) in [5.74, 6) is 0.663. The van der Waals surface area contributed by atoms with Crippen molar-refractivity contribution < 1.29 is 22.7 Å². The molecule has 0 amide bonds. The van der Waals surface area contributed by atoms with Crippen molar-refractivity contribution in [2.45, 2.75) is 82.4 Å². The van der Waals surface area contributed by atoms with E-state index in [1.165, 1.54) is 6.08 Å². The van der Waals surface area contributed by atoms with Gasteiger partial charge in [0.25, 0.3) is 0 Å². The Morgan fingerprint density at radius 1 is 1.00 bits per heavy atom. The van der Waals surface area contributed by atoms with Gasteiger partial charge in [-0.15, -0.1) is 0 Å². The highest BCUT2D eigenvalue weighted by Crippen LogP contribution is 2.38. The summed E-state index contributed by atoms with van der Waals surface area (Å²) in [7, 11) is 0. The Morgan fingerprint density at radius 3 is 2.27 bits per heavy atom. The summed E-state index contributed by atoms with van der Waals surface area (Å²) >= 11 is 0. The van der Waals surface area contributed by atoms with Crippen LogP contribution in [0.4, 0.5) is 13.2 Å². The monoisotopic (exact) mass is 459 g/mol. The third-order valence-electron chi connectivity index (χ3n) is 7.01. The molecule has 0 heterocycles. The summed E-state index contributed by atoms with van der Waals surface area (Å²) in [6, 6.07) is 7.40. The van der Waals surface area contributed by atoms with Crippen molar-refractivity contribution in [3.63, 3.8) is 0 Å². The fourth-order valence-corrected chi connectivity index (χ4v) is 5.01. The molecule has 0 unspecified atom stereocenters. The van der Waals surface area contributed by atoms with E-state index in [2.05, 4.69) is 6.08 Å². The molecule has 0 aliphatic heterocycles. The Hall–Kier alpha value is -2.55. The van der Waals surface area contributed by atoms with E-state index in [4.69, 9.17) is 10.00 Å². The molecular formula is C27H32F3NO2. The second kappa shape index (κ2) is 12.1. The van der Waals surface area contributed by atoms with E-state index in [0.717, 1.165) is 81.9 Å². The van der Waals surface area contributed by atoms with E-state index in [1.807, 2.05) is 12.1 Å². The second-order valence-electron chi connectivity index (χ2n) is 9.24. The largest absolute Gasteiger partial charge is 0.462 e. The standard InChI is InChI=1S/C27H32F3NO2/c28-27(29,30)24-15-13-22(14-16-24)21-9-11-23(12-10-21)26(32)33-25-17-7-20(8-18-25)6-4-2-1-3-5-19-31/h1-3,5,13-16,20-21,23,25H,4,6-12,17-18H2/b2-1+,5-3?. The van der Waals surface area contributed by atoms with E-state index in [0.29, 0.717) is 5.92 Å². The first-order chi connectivity index (χ1) is 15.9. The van der Waals surface area contributed by atoms with Gasteiger partial charge >= 0.3 is 12.1 Å². The number of benzene rings is 1. The molecule has 2 aliphatic carbocycles. The number of rotatable bonds is 7. The van der Waals surface area contributed by atoms with Crippen LogP contribution in [-0.2, 0) is 15.7 Å². The minimum absolute atomic E-state index is 0.00971. The van der Waals surface area contributed by atoms with E-state index >= 15 is 0 Å². The number of carbonyl (C=O) groups excluding carboxylic acids is 1. The van der Waals surface area contributed by atoms with Gasteiger partial charge in [-0.3, -0.25) is 4.79 Å². The van der Waals surface area contributed by atoms with Gasteiger partial charge in [-0.25, -0.2) is 0 Å². The molecule has 3 nitrogen and oxygen atoms in total. The van der Waals surface area contributed by atoms with Crippen LogP contribution in [0.3, 0.4) is 0 Å². The van der Waals surface area contributed by atoms with Gasteiger partial charge in [0.2, 0.25) is 0 Å². The molecule has 2 aliphatic rings. The molecule has 2 fully saturated rings. The van der Waals surface area contributed by atoms with Crippen LogP contribution in [0, 0.1) is 23.2 Å². The number of carbonyl (C=O) groups is 1. The Morgan fingerprint density at radius 2 is 1.67 bits per heavy atom. The molecule has 0 radical (unpaired) electrons. The van der Waals surface area contributed by atoms with Crippen molar-refractivity contribution in [3.05, 3.63) is 59.7 Å². The number of alkyl halides is 3. The minimum atomic E-state index is -4.31. The fraction of sp³-hybridized carbons (Fsp3) is 0.556. The van der Waals surface area contributed by atoms with Crippen LogP contribution < -0.4 is 0 Å². The predicted molar refractivity (Wildman–Crippen MR) is 121 cm³/mol. The van der Waals surface area contributed by atoms with Crippen molar-refractivity contribution in [1.82, 2.24) is 0 Å². The molecule has 0 bridgehead atoms. The lowest BCUT2D eigenvalue weighted by molar-refractivity contribution is -0.157. The number of hydrogen-bond acceptors (Lipinski definition) is 3. The molecule has 0 spiro atoms. The number of allylic oxidation sites excluding steroid dienone is 4. The lowest BCUT2D eigenvalue weighted by Crippen LogP contribution is -2.29. The lowest BCUT2D eigenvalue weighted by atomic mass is 9.78. The van der Waals surface area contributed by atoms with Crippen molar-refractivity contribution in [3.8, 4) is 6.07 Å². The van der Waals surface area contributed by atoms with Crippen LogP contribution in [0.25, 0.3) is 0 Å². The summed E-state index contributed by atoms with van der Waals surface area (Å²) < 4.78 is 44.1. The van der Waals surface area contributed by atoms with Gasteiger partial charge in [0.1, 0.15) is 6.10 Å². The maximum atomic E-state index is 12.8. The highest BCUT2D eigenvalue weighted by atomic mass is 19.4. The number of halogens is 3. The summed E-state index contributed by atoms with van der Waals surface area (Å²) in [5, 5.41) is 8.45. The SMILES string of the molecule is N#CC=C/C=C/CCC1CCC(OC(=O)C2CCC(c3ccc(C(F)(F)F)cc3)CC2)CC1. The summed E-state index contributed by atoms with van der Waals surface area (Å²) in [6.07, 6.45) is 12.0. The van der Waals surface area contributed by atoms with E-state index in [1.54, 1.807) is 18.2 Å². The first-order valence-electron chi connectivity index (χ1n) is 12.0. The highest BCUT2D eigenvalue weighted by molar-refractivity contribution is 5.72.